The quantitative estimate of drug-likeness (QED) is 0.877. The van der Waals surface area contributed by atoms with E-state index in [-0.39, 0.29) is 11.7 Å². The van der Waals surface area contributed by atoms with E-state index in [0.29, 0.717) is 21.6 Å². The van der Waals surface area contributed by atoms with Gasteiger partial charge in [0.1, 0.15) is 0 Å². The van der Waals surface area contributed by atoms with Crippen LogP contribution in [0.4, 0.5) is 0 Å². The molecule has 7 heteroatoms. The zero-order valence-electron chi connectivity index (χ0n) is 8.95. The fourth-order valence-electron chi connectivity index (χ4n) is 1.49. The molecule has 0 radical (unpaired) electrons. The summed E-state index contributed by atoms with van der Waals surface area (Å²) < 4.78 is 1.37. The third kappa shape index (κ3) is 2.22. The van der Waals surface area contributed by atoms with Gasteiger partial charge in [0, 0.05) is 0 Å². The van der Waals surface area contributed by atoms with Crippen LogP contribution in [0.1, 0.15) is 18.8 Å². The van der Waals surface area contributed by atoms with E-state index < -0.39 is 0 Å². The van der Waals surface area contributed by atoms with Crippen molar-refractivity contribution in [1.82, 2.24) is 14.8 Å². The van der Waals surface area contributed by atoms with Crippen molar-refractivity contribution in [3.8, 4) is 5.69 Å². The van der Waals surface area contributed by atoms with Crippen molar-refractivity contribution >= 4 is 23.2 Å². The van der Waals surface area contributed by atoms with Crippen molar-refractivity contribution < 1.29 is 0 Å². The van der Waals surface area contributed by atoms with Gasteiger partial charge in [0.2, 0.25) is 0 Å². The average Bonchev–Trinajstić information content (AvgIpc) is 2.64. The van der Waals surface area contributed by atoms with Crippen molar-refractivity contribution in [2.24, 2.45) is 5.73 Å². The van der Waals surface area contributed by atoms with Crippen LogP contribution in [0.25, 0.3) is 5.69 Å². The van der Waals surface area contributed by atoms with Crippen LogP contribution in [-0.2, 0) is 0 Å². The van der Waals surface area contributed by atoms with Crippen LogP contribution in [0.5, 0.6) is 0 Å². The summed E-state index contributed by atoms with van der Waals surface area (Å²) in [5.41, 5.74) is 5.94. The first kappa shape index (κ1) is 12.2. The zero-order chi connectivity index (χ0) is 12.6. The van der Waals surface area contributed by atoms with E-state index in [1.165, 1.54) is 4.57 Å². The SMILES string of the molecule is CC(N)c1n[nH]c(=O)n1-c1ccc(Cl)c(Cl)c1. The lowest BCUT2D eigenvalue weighted by molar-refractivity contribution is 0.712. The summed E-state index contributed by atoms with van der Waals surface area (Å²) in [6.07, 6.45) is 0. The molecule has 0 aliphatic rings. The maximum Gasteiger partial charge on any atom is 0.347 e. The minimum atomic E-state index is -0.372. The molecule has 5 nitrogen and oxygen atoms in total. The van der Waals surface area contributed by atoms with Crippen LogP contribution in [0, 0.1) is 0 Å². The zero-order valence-corrected chi connectivity index (χ0v) is 10.5. The number of nitrogens with one attached hydrogen (secondary N) is 1. The van der Waals surface area contributed by atoms with E-state index in [9.17, 15) is 4.79 Å². The van der Waals surface area contributed by atoms with Gasteiger partial charge in [-0.15, -0.1) is 0 Å². The largest absolute Gasteiger partial charge is 0.347 e. The lowest BCUT2D eigenvalue weighted by Gasteiger charge is -2.08. The molecule has 0 bridgehead atoms. The van der Waals surface area contributed by atoms with Crippen molar-refractivity contribution in [2.45, 2.75) is 13.0 Å². The van der Waals surface area contributed by atoms with E-state index in [1.807, 2.05) is 0 Å². The number of aromatic nitrogens is 3. The van der Waals surface area contributed by atoms with Crippen molar-refractivity contribution in [2.75, 3.05) is 0 Å². The van der Waals surface area contributed by atoms with E-state index in [1.54, 1.807) is 25.1 Å². The molecule has 2 aromatic rings. The highest BCUT2D eigenvalue weighted by molar-refractivity contribution is 6.42. The highest BCUT2D eigenvalue weighted by atomic mass is 35.5. The smallest absolute Gasteiger partial charge is 0.322 e. The van der Waals surface area contributed by atoms with Crippen LogP contribution in [-0.4, -0.2) is 14.8 Å². The predicted octanol–water partition coefficient (Wildman–Crippen LogP) is 1.89. The summed E-state index contributed by atoms with van der Waals surface area (Å²) in [7, 11) is 0. The average molecular weight is 273 g/mol. The Morgan fingerprint density at radius 3 is 2.71 bits per heavy atom. The summed E-state index contributed by atoms with van der Waals surface area (Å²) in [6.45, 7) is 1.74. The maximum absolute atomic E-state index is 11.7. The van der Waals surface area contributed by atoms with Crippen LogP contribution in [0.3, 0.4) is 0 Å². The number of benzene rings is 1. The Balaban J connectivity index is 2.63. The number of nitrogens with zero attached hydrogens (tertiary/aromatic N) is 2. The molecule has 17 heavy (non-hydrogen) atoms. The van der Waals surface area contributed by atoms with Crippen LogP contribution < -0.4 is 11.4 Å². The molecule has 3 N–H and O–H groups in total. The molecule has 2 rings (SSSR count). The topological polar surface area (TPSA) is 76.7 Å². The second kappa shape index (κ2) is 4.52. The highest BCUT2D eigenvalue weighted by Crippen LogP contribution is 2.24. The first-order valence-electron chi connectivity index (χ1n) is 4.89. The van der Waals surface area contributed by atoms with Crippen molar-refractivity contribution in [3.05, 3.63) is 44.6 Å². The molecular formula is C10H10Cl2N4O. The number of hydrogen-bond acceptors (Lipinski definition) is 3. The summed E-state index contributed by atoms with van der Waals surface area (Å²) in [4.78, 5) is 11.7. The molecule has 1 aromatic carbocycles. The van der Waals surface area contributed by atoms with E-state index in [2.05, 4.69) is 10.2 Å². The molecule has 0 fully saturated rings. The number of aromatic amines is 1. The van der Waals surface area contributed by atoms with Gasteiger partial charge in [-0.1, -0.05) is 23.2 Å². The predicted molar refractivity (Wildman–Crippen MR) is 66.8 cm³/mol. The molecule has 1 heterocycles. The Kier molecular flexibility index (Phi) is 3.24. The molecule has 0 saturated carbocycles. The summed E-state index contributed by atoms with van der Waals surface area (Å²) in [6, 6.07) is 4.51. The normalized spacial score (nSPS) is 12.7. The van der Waals surface area contributed by atoms with Gasteiger partial charge >= 0.3 is 5.69 Å². The second-order valence-electron chi connectivity index (χ2n) is 3.61. The van der Waals surface area contributed by atoms with E-state index >= 15 is 0 Å². The van der Waals surface area contributed by atoms with Gasteiger partial charge in [-0.25, -0.2) is 14.5 Å². The molecule has 0 saturated heterocycles. The number of halogens is 2. The minimum Gasteiger partial charge on any atom is -0.322 e. The molecule has 0 aliphatic carbocycles. The van der Waals surface area contributed by atoms with Gasteiger partial charge in [0.05, 0.1) is 21.8 Å². The molecule has 0 amide bonds. The first-order valence-corrected chi connectivity index (χ1v) is 5.64. The molecule has 1 aromatic heterocycles. The van der Waals surface area contributed by atoms with Gasteiger partial charge in [0.25, 0.3) is 0 Å². The van der Waals surface area contributed by atoms with Gasteiger partial charge < -0.3 is 5.73 Å². The Morgan fingerprint density at radius 2 is 2.12 bits per heavy atom. The molecular weight excluding hydrogens is 263 g/mol. The summed E-state index contributed by atoms with van der Waals surface area (Å²) in [5, 5.41) is 7.01. The first-order chi connectivity index (χ1) is 8.00. The Bertz CT molecular complexity index is 603. The molecule has 1 unspecified atom stereocenters. The number of nitrogens with two attached hydrogens (primary N) is 1. The van der Waals surface area contributed by atoms with Crippen LogP contribution in [0.2, 0.25) is 10.0 Å². The fourth-order valence-corrected chi connectivity index (χ4v) is 1.78. The standard InChI is InChI=1S/C10H10Cl2N4O/c1-5(13)9-14-15-10(17)16(9)6-2-3-7(11)8(12)4-6/h2-5H,13H2,1H3,(H,15,17). The van der Waals surface area contributed by atoms with Gasteiger partial charge in [-0.2, -0.15) is 5.10 Å². The molecule has 1 atom stereocenters. The summed E-state index contributed by atoms with van der Waals surface area (Å²) in [5.74, 6) is 0.438. The molecule has 0 spiro atoms. The van der Waals surface area contributed by atoms with E-state index in [0.717, 1.165) is 0 Å². The maximum atomic E-state index is 11.7. The Labute approximate surface area is 107 Å². The minimum absolute atomic E-state index is 0.365. The van der Waals surface area contributed by atoms with Gasteiger partial charge in [0.15, 0.2) is 5.82 Å². The van der Waals surface area contributed by atoms with Crippen molar-refractivity contribution in [3.63, 3.8) is 0 Å². The van der Waals surface area contributed by atoms with Gasteiger partial charge in [-0.05, 0) is 25.1 Å². The Morgan fingerprint density at radius 1 is 1.41 bits per heavy atom. The third-order valence-electron chi connectivity index (χ3n) is 2.27. The lowest BCUT2D eigenvalue weighted by Crippen LogP contribution is -2.20. The number of rotatable bonds is 2. The van der Waals surface area contributed by atoms with Crippen LogP contribution in [0.15, 0.2) is 23.0 Å². The Hall–Kier alpha value is -1.30. The highest BCUT2D eigenvalue weighted by Gasteiger charge is 2.14. The monoisotopic (exact) mass is 272 g/mol. The number of H-pyrrole nitrogens is 1. The van der Waals surface area contributed by atoms with Crippen LogP contribution >= 0.6 is 23.2 Å². The second-order valence-corrected chi connectivity index (χ2v) is 4.42. The number of hydrogen-bond donors (Lipinski definition) is 2. The molecule has 90 valence electrons. The summed E-state index contributed by atoms with van der Waals surface area (Å²) >= 11 is 11.7. The lowest BCUT2D eigenvalue weighted by atomic mass is 10.3. The molecule has 0 aliphatic heterocycles. The van der Waals surface area contributed by atoms with Crippen molar-refractivity contribution in [1.29, 1.82) is 0 Å². The third-order valence-corrected chi connectivity index (χ3v) is 3.01. The van der Waals surface area contributed by atoms with E-state index in [4.69, 9.17) is 28.9 Å². The fraction of sp³-hybridized carbons (Fsp3) is 0.200. The van der Waals surface area contributed by atoms with Gasteiger partial charge in [-0.3, -0.25) is 0 Å².